The van der Waals surface area contributed by atoms with Gasteiger partial charge >= 0.3 is 5.97 Å². The number of imide groups is 1. The zero-order chi connectivity index (χ0) is 22.0. The van der Waals surface area contributed by atoms with Gasteiger partial charge in [-0.1, -0.05) is 32.0 Å². The van der Waals surface area contributed by atoms with E-state index in [0.29, 0.717) is 12.2 Å². The van der Waals surface area contributed by atoms with Gasteiger partial charge in [0.1, 0.15) is 0 Å². The Hall–Kier alpha value is -3.48. The van der Waals surface area contributed by atoms with Gasteiger partial charge < -0.3 is 10.1 Å². The van der Waals surface area contributed by atoms with Gasteiger partial charge in [-0.15, -0.1) is 0 Å². The first kappa shape index (κ1) is 21.2. The van der Waals surface area contributed by atoms with Crippen LogP contribution in [0.25, 0.3) is 0 Å². The number of nitrogens with zero attached hydrogens (tertiary/aromatic N) is 1. The molecule has 0 saturated carbocycles. The lowest BCUT2D eigenvalue weighted by atomic mass is 10.1. The van der Waals surface area contributed by atoms with Crippen LogP contribution in [-0.2, 0) is 9.53 Å². The lowest BCUT2D eigenvalue weighted by Gasteiger charge is -2.16. The maximum Gasteiger partial charge on any atom is 0.338 e. The zero-order valence-corrected chi connectivity index (χ0v) is 17.4. The number of hydrogen-bond acceptors (Lipinski definition) is 5. The molecule has 0 aliphatic carbocycles. The number of fused-ring (bicyclic) bond motifs is 1. The topological polar surface area (TPSA) is 92.8 Å². The molecule has 1 unspecified atom stereocenters. The first-order valence-electron chi connectivity index (χ1n) is 9.78. The van der Waals surface area contributed by atoms with E-state index >= 15 is 0 Å². The van der Waals surface area contributed by atoms with E-state index in [9.17, 15) is 19.2 Å². The van der Waals surface area contributed by atoms with Crippen molar-refractivity contribution < 1.29 is 23.9 Å². The second kappa shape index (κ2) is 8.49. The van der Waals surface area contributed by atoms with Crippen LogP contribution in [0.1, 0.15) is 57.4 Å². The predicted octanol–water partition coefficient (Wildman–Crippen LogP) is 3.11. The van der Waals surface area contributed by atoms with Crippen LogP contribution in [0.15, 0.2) is 42.5 Å². The van der Waals surface area contributed by atoms with Crippen LogP contribution < -0.4 is 10.2 Å². The fraction of sp³-hybridized carbons (Fsp3) is 0.304. The Morgan fingerprint density at radius 3 is 2.33 bits per heavy atom. The average Bonchev–Trinajstić information content (AvgIpc) is 2.96. The Labute approximate surface area is 175 Å². The summed E-state index contributed by atoms with van der Waals surface area (Å²) in [5.41, 5.74) is 1.75. The second-order valence-corrected chi connectivity index (χ2v) is 7.68. The molecule has 3 amide bonds. The fourth-order valence-electron chi connectivity index (χ4n) is 3.13. The highest BCUT2D eigenvalue weighted by Gasteiger charge is 2.38. The van der Waals surface area contributed by atoms with Gasteiger partial charge in [0.05, 0.1) is 22.4 Å². The molecule has 1 aliphatic heterocycles. The molecule has 0 spiro atoms. The van der Waals surface area contributed by atoms with E-state index < -0.39 is 29.8 Å². The molecule has 1 atom stereocenters. The monoisotopic (exact) mass is 408 g/mol. The molecule has 0 fully saturated rings. The highest BCUT2D eigenvalue weighted by molar-refractivity contribution is 6.34. The third kappa shape index (κ3) is 4.10. The van der Waals surface area contributed by atoms with Crippen LogP contribution in [0.3, 0.4) is 0 Å². The molecule has 2 aromatic carbocycles. The number of anilines is 1. The van der Waals surface area contributed by atoms with Crippen LogP contribution >= 0.6 is 0 Å². The molecule has 2 aromatic rings. The van der Waals surface area contributed by atoms with Gasteiger partial charge in [-0.25, -0.2) is 9.69 Å². The molecule has 7 heteroatoms. The average molecular weight is 408 g/mol. The summed E-state index contributed by atoms with van der Waals surface area (Å²) < 4.78 is 5.22. The quantitative estimate of drug-likeness (QED) is 0.586. The van der Waals surface area contributed by atoms with E-state index in [-0.39, 0.29) is 22.6 Å². The Balaban J connectivity index is 1.79. The normalized spacial score (nSPS) is 14.0. The molecule has 1 heterocycles. The number of carbonyl (C=O) groups is 4. The van der Waals surface area contributed by atoms with E-state index in [1.165, 1.54) is 25.1 Å². The number of para-hydroxylation sites is 1. The Kier molecular flexibility index (Phi) is 6.01. The first-order valence-corrected chi connectivity index (χ1v) is 9.78. The maximum absolute atomic E-state index is 12.9. The molecular weight excluding hydrogens is 384 g/mol. The highest BCUT2D eigenvalue weighted by Crippen LogP contribution is 2.31. The van der Waals surface area contributed by atoms with Crippen molar-refractivity contribution in [1.29, 1.82) is 0 Å². The molecular formula is C23H24N2O5. The summed E-state index contributed by atoms with van der Waals surface area (Å²) in [6.07, 6.45) is -0.981. The van der Waals surface area contributed by atoms with Gasteiger partial charge in [0.15, 0.2) is 6.10 Å². The van der Waals surface area contributed by atoms with Crippen molar-refractivity contribution >= 4 is 29.4 Å². The summed E-state index contributed by atoms with van der Waals surface area (Å²) in [5.74, 6) is -1.80. The van der Waals surface area contributed by atoms with E-state index in [1.54, 1.807) is 12.1 Å². The standard InChI is InChI=1S/C23H24N2O5/c1-13(2)12-24-20(26)15(4)30-23(29)16-9-10-17-18(11-16)22(28)25(21(17)27)19-8-6-5-7-14(19)3/h5-11,13,15H,12H2,1-4H3,(H,24,26). The number of esters is 1. The van der Waals surface area contributed by atoms with Crippen LogP contribution in [0.2, 0.25) is 0 Å². The minimum Gasteiger partial charge on any atom is -0.449 e. The largest absolute Gasteiger partial charge is 0.449 e. The number of benzene rings is 2. The van der Waals surface area contributed by atoms with Gasteiger partial charge in [-0.05, 0) is 49.6 Å². The predicted molar refractivity (Wildman–Crippen MR) is 111 cm³/mol. The lowest BCUT2D eigenvalue weighted by Crippen LogP contribution is -2.37. The number of rotatable bonds is 6. The second-order valence-electron chi connectivity index (χ2n) is 7.68. The molecule has 1 aliphatic rings. The zero-order valence-electron chi connectivity index (χ0n) is 17.4. The van der Waals surface area contributed by atoms with Crippen molar-refractivity contribution in [3.05, 3.63) is 64.7 Å². The Morgan fingerprint density at radius 1 is 1.00 bits per heavy atom. The molecule has 0 radical (unpaired) electrons. The Bertz CT molecular complexity index is 1030. The van der Waals surface area contributed by atoms with Crippen LogP contribution in [0.5, 0.6) is 0 Å². The van der Waals surface area contributed by atoms with Gasteiger partial charge in [0.2, 0.25) is 0 Å². The van der Waals surface area contributed by atoms with Crippen molar-refractivity contribution in [2.24, 2.45) is 5.92 Å². The molecule has 7 nitrogen and oxygen atoms in total. The van der Waals surface area contributed by atoms with Crippen LogP contribution in [0.4, 0.5) is 5.69 Å². The van der Waals surface area contributed by atoms with Crippen molar-refractivity contribution in [1.82, 2.24) is 5.32 Å². The highest BCUT2D eigenvalue weighted by atomic mass is 16.5. The van der Waals surface area contributed by atoms with E-state index in [0.717, 1.165) is 10.5 Å². The van der Waals surface area contributed by atoms with Gasteiger partial charge in [0, 0.05) is 6.54 Å². The lowest BCUT2D eigenvalue weighted by molar-refractivity contribution is -0.129. The SMILES string of the molecule is Cc1ccccc1N1C(=O)c2ccc(C(=O)OC(C)C(=O)NCC(C)C)cc2C1=O. The summed E-state index contributed by atoms with van der Waals surface area (Å²) in [7, 11) is 0. The molecule has 0 aromatic heterocycles. The molecule has 0 saturated heterocycles. The number of amides is 3. The smallest absolute Gasteiger partial charge is 0.338 e. The summed E-state index contributed by atoms with van der Waals surface area (Å²) in [6.45, 7) is 7.69. The van der Waals surface area contributed by atoms with Gasteiger partial charge in [0.25, 0.3) is 17.7 Å². The number of carbonyl (C=O) groups excluding carboxylic acids is 4. The van der Waals surface area contributed by atoms with Gasteiger partial charge in [-0.2, -0.15) is 0 Å². The Morgan fingerprint density at radius 2 is 1.67 bits per heavy atom. The van der Waals surface area contributed by atoms with Crippen LogP contribution in [-0.4, -0.2) is 36.3 Å². The van der Waals surface area contributed by atoms with Crippen molar-refractivity contribution in [3.8, 4) is 0 Å². The van der Waals surface area contributed by atoms with Crippen molar-refractivity contribution in [3.63, 3.8) is 0 Å². The van der Waals surface area contributed by atoms with Gasteiger partial charge in [-0.3, -0.25) is 14.4 Å². The van der Waals surface area contributed by atoms with E-state index in [4.69, 9.17) is 4.74 Å². The first-order chi connectivity index (χ1) is 14.2. The van der Waals surface area contributed by atoms with Crippen molar-refractivity contribution in [2.75, 3.05) is 11.4 Å². The molecule has 156 valence electrons. The number of aryl methyl sites for hydroxylation is 1. The number of ether oxygens (including phenoxy) is 1. The van der Waals surface area contributed by atoms with E-state index in [1.807, 2.05) is 32.9 Å². The summed E-state index contributed by atoms with van der Waals surface area (Å²) in [4.78, 5) is 51.3. The summed E-state index contributed by atoms with van der Waals surface area (Å²) in [6, 6.07) is 11.3. The van der Waals surface area contributed by atoms with Crippen LogP contribution in [0, 0.1) is 12.8 Å². The fourth-order valence-corrected chi connectivity index (χ4v) is 3.13. The maximum atomic E-state index is 12.9. The van der Waals surface area contributed by atoms with E-state index in [2.05, 4.69) is 5.32 Å². The third-order valence-corrected chi connectivity index (χ3v) is 4.82. The number of hydrogen-bond donors (Lipinski definition) is 1. The minimum absolute atomic E-state index is 0.102. The summed E-state index contributed by atoms with van der Waals surface area (Å²) >= 11 is 0. The molecule has 3 rings (SSSR count). The molecule has 0 bridgehead atoms. The minimum atomic E-state index is -0.981. The molecule has 1 N–H and O–H groups in total. The number of nitrogens with one attached hydrogen (secondary N) is 1. The third-order valence-electron chi connectivity index (χ3n) is 4.82. The summed E-state index contributed by atoms with van der Waals surface area (Å²) in [5, 5.41) is 2.70. The molecule has 30 heavy (non-hydrogen) atoms. The van der Waals surface area contributed by atoms with Crippen molar-refractivity contribution in [2.45, 2.75) is 33.8 Å².